The van der Waals surface area contributed by atoms with Crippen molar-refractivity contribution < 1.29 is 19.5 Å². The van der Waals surface area contributed by atoms with E-state index in [2.05, 4.69) is 5.32 Å². The van der Waals surface area contributed by atoms with Crippen LogP contribution in [0.15, 0.2) is 0 Å². The Balaban J connectivity index is 1.98. The molecule has 0 aromatic carbocycles. The minimum absolute atomic E-state index is 0.0697. The second-order valence-electron chi connectivity index (χ2n) is 6.71. The molecular formula is C15H26N4O4. The van der Waals surface area contributed by atoms with Gasteiger partial charge in [0, 0.05) is 39.3 Å². The fourth-order valence-corrected chi connectivity index (χ4v) is 3.13. The van der Waals surface area contributed by atoms with Crippen molar-refractivity contribution in [2.75, 3.05) is 33.2 Å². The smallest absolute Gasteiger partial charge is 0.326 e. The molecule has 0 spiro atoms. The van der Waals surface area contributed by atoms with Crippen molar-refractivity contribution in [2.24, 2.45) is 5.92 Å². The molecular weight excluding hydrogens is 300 g/mol. The lowest BCUT2D eigenvalue weighted by atomic mass is 10.0. The largest absolute Gasteiger partial charge is 0.480 e. The summed E-state index contributed by atoms with van der Waals surface area (Å²) in [5.41, 5.74) is 0. The van der Waals surface area contributed by atoms with Crippen molar-refractivity contribution in [2.45, 2.75) is 38.9 Å². The summed E-state index contributed by atoms with van der Waals surface area (Å²) in [5, 5.41) is 12.3. The summed E-state index contributed by atoms with van der Waals surface area (Å²) in [6.45, 7) is 7.54. The number of nitrogens with zero attached hydrogens (tertiary/aromatic N) is 3. The molecule has 2 saturated heterocycles. The zero-order valence-electron chi connectivity index (χ0n) is 14.2. The SMILES string of the molecule is CC(C)[C@@H](C(=O)O)N(C)C(=O)N1CCN(C(=O)[C@@H]2CN2)[C@@H](C)C1. The van der Waals surface area contributed by atoms with Crippen molar-refractivity contribution in [1.29, 1.82) is 0 Å². The first kappa shape index (κ1) is 17.5. The first-order valence-electron chi connectivity index (χ1n) is 8.02. The zero-order chi connectivity index (χ0) is 17.3. The summed E-state index contributed by atoms with van der Waals surface area (Å²) < 4.78 is 0. The topological polar surface area (TPSA) is 103 Å². The summed E-state index contributed by atoms with van der Waals surface area (Å²) in [7, 11) is 1.53. The Morgan fingerprint density at radius 3 is 2.30 bits per heavy atom. The first-order chi connectivity index (χ1) is 10.7. The van der Waals surface area contributed by atoms with Gasteiger partial charge in [-0.1, -0.05) is 13.8 Å². The van der Waals surface area contributed by atoms with E-state index in [4.69, 9.17) is 0 Å². The lowest BCUT2D eigenvalue weighted by Gasteiger charge is -2.42. The summed E-state index contributed by atoms with van der Waals surface area (Å²) in [5.74, 6) is -1.09. The molecule has 0 saturated carbocycles. The lowest BCUT2D eigenvalue weighted by Crippen LogP contribution is -2.60. The first-order valence-corrected chi connectivity index (χ1v) is 8.02. The van der Waals surface area contributed by atoms with E-state index in [0.717, 1.165) is 6.54 Å². The fourth-order valence-electron chi connectivity index (χ4n) is 3.13. The number of aliphatic carboxylic acids is 1. The molecule has 0 radical (unpaired) electrons. The minimum atomic E-state index is -1.00. The number of carbonyl (C=O) groups excluding carboxylic acids is 2. The van der Waals surface area contributed by atoms with Gasteiger partial charge in [0.05, 0.1) is 6.04 Å². The molecule has 2 rings (SSSR count). The van der Waals surface area contributed by atoms with E-state index in [1.54, 1.807) is 23.6 Å². The van der Waals surface area contributed by atoms with E-state index in [1.807, 2.05) is 6.92 Å². The summed E-state index contributed by atoms with van der Waals surface area (Å²) >= 11 is 0. The van der Waals surface area contributed by atoms with E-state index in [1.165, 1.54) is 11.9 Å². The van der Waals surface area contributed by atoms with E-state index >= 15 is 0 Å². The van der Waals surface area contributed by atoms with Gasteiger partial charge in [0.2, 0.25) is 5.91 Å². The normalized spacial score (nSPS) is 25.3. The number of hydrogen-bond donors (Lipinski definition) is 2. The number of likely N-dealkylation sites (N-methyl/N-ethyl adjacent to an activating group) is 1. The van der Waals surface area contributed by atoms with Gasteiger partial charge in [0.1, 0.15) is 6.04 Å². The third-order valence-electron chi connectivity index (χ3n) is 4.49. The molecule has 130 valence electrons. The molecule has 0 bridgehead atoms. The number of carboxylic acids is 1. The maximum Gasteiger partial charge on any atom is 0.326 e. The Morgan fingerprint density at radius 1 is 1.26 bits per heavy atom. The van der Waals surface area contributed by atoms with Crippen LogP contribution in [0.3, 0.4) is 0 Å². The van der Waals surface area contributed by atoms with Crippen LogP contribution in [0.25, 0.3) is 0 Å². The Hall–Kier alpha value is -1.83. The van der Waals surface area contributed by atoms with E-state index in [0.29, 0.717) is 19.6 Å². The van der Waals surface area contributed by atoms with Crippen molar-refractivity contribution in [3.05, 3.63) is 0 Å². The van der Waals surface area contributed by atoms with Crippen molar-refractivity contribution >= 4 is 17.9 Å². The number of hydrogen-bond acceptors (Lipinski definition) is 4. The van der Waals surface area contributed by atoms with Crippen LogP contribution < -0.4 is 5.32 Å². The van der Waals surface area contributed by atoms with Crippen molar-refractivity contribution in [3.8, 4) is 0 Å². The summed E-state index contributed by atoms with van der Waals surface area (Å²) in [6, 6.07) is -1.29. The Labute approximate surface area is 136 Å². The summed E-state index contributed by atoms with van der Waals surface area (Å²) in [6.07, 6.45) is 0. The number of carbonyl (C=O) groups is 3. The number of urea groups is 1. The predicted molar refractivity (Wildman–Crippen MR) is 84.0 cm³/mol. The maximum absolute atomic E-state index is 12.6. The Kier molecular flexibility index (Phi) is 5.13. The highest BCUT2D eigenvalue weighted by Crippen LogP contribution is 2.17. The predicted octanol–water partition coefficient (Wildman–Crippen LogP) is -0.348. The van der Waals surface area contributed by atoms with Crippen LogP contribution in [0.4, 0.5) is 4.79 Å². The van der Waals surface area contributed by atoms with Gasteiger partial charge in [-0.25, -0.2) is 9.59 Å². The van der Waals surface area contributed by atoms with Gasteiger partial charge in [-0.3, -0.25) is 4.79 Å². The third-order valence-corrected chi connectivity index (χ3v) is 4.49. The van der Waals surface area contributed by atoms with Gasteiger partial charge in [-0.2, -0.15) is 0 Å². The lowest BCUT2D eigenvalue weighted by molar-refractivity contribution is -0.143. The second-order valence-corrected chi connectivity index (χ2v) is 6.71. The van der Waals surface area contributed by atoms with Gasteiger partial charge in [-0.15, -0.1) is 0 Å². The third kappa shape index (κ3) is 3.74. The van der Waals surface area contributed by atoms with Crippen LogP contribution >= 0.6 is 0 Å². The highest BCUT2D eigenvalue weighted by atomic mass is 16.4. The monoisotopic (exact) mass is 326 g/mol. The molecule has 2 N–H and O–H groups in total. The maximum atomic E-state index is 12.6. The average Bonchev–Trinajstić information content (AvgIpc) is 3.29. The molecule has 2 aliphatic rings. The quantitative estimate of drug-likeness (QED) is 0.688. The van der Waals surface area contributed by atoms with Gasteiger partial charge in [0.15, 0.2) is 0 Å². The molecule has 3 amide bonds. The van der Waals surface area contributed by atoms with Gasteiger partial charge in [0.25, 0.3) is 0 Å². The van der Waals surface area contributed by atoms with Crippen LogP contribution in [-0.4, -0.2) is 89.1 Å². The fraction of sp³-hybridized carbons (Fsp3) is 0.800. The molecule has 2 fully saturated rings. The Morgan fingerprint density at radius 2 is 1.87 bits per heavy atom. The molecule has 0 aliphatic carbocycles. The standard InChI is InChI=1S/C15H26N4O4/c1-9(2)12(14(21)22)17(4)15(23)18-5-6-19(10(3)8-18)13(20)11-7-16-11/h9-12,16H,5-8H2,1-4H3,(H,21,22)/t10-,11-,12-/m0/s1. The van der Waals surface area contributed by atoms with Gasteiger partial charge in [-0.05, 0) is 12.8 Å². The van der Waals surface area contributed by atoms with E-state index < -0.39 is 12.0 Å². The summed E-state index contributed by atoms with van der Waals surface area (Å²) in [4.78, 5) is 40.8. The van der Waals surface area contributed by atoms with Crippen LogP contribution in [0.1, 0.15) is 20.8 Å². The van der Waals surface area contributed by atoms with Crippen LogP contribution in [0.2, 0.25) is 0 Å². The number of rotatable bonds is 4. The molecule has 8 nitrogen and oxygen atoms in total. The van der Waals surface area contributed by atoms with Crippen molar-refractivity contribution in [3.63, 3.8) is 0 Å². The van der Waals surface area contributed by atoms with E-state index in [9.17, 15) is 19.5 Å². The highest BCUT2D eigenvalue weighted by molar-refractivity contribution is 5.86. The molecule has 2 heterocycles. The molecule has 8 heteroatoms. The molecule has 0 aromatic heterocycles. The second kappa shape index (κ2) is 6.74. The van der Waals surface area contributed by atoms with Crippen LogP contribution in [0.5, 0.6) is 0 Å². The van der Waals surface area contributed by atoms with E-state index in [-0.39, 0.29) is 29.9 Å². The highest BCUT2D eigenvalue weighted by Gasteiger charge is 2.39. The molecule has 3 atom stereocenters. The van der Waals surface area contributed by atoms with Crippen molar-refractivity contribution in [1.82, 2.24) is 20.0 Å². The zero-order valence-corrected chi connectivity index (χ0v) is 14.2. The number of nitrogens with one attached hydrogen (secondary N) is 1. The molecule has 0 unspecified atom stereocenters. The molecule has 2 aliphatic heterocycles. The van der Waals surface area contributed by atoms with Crippen LogP contribution in [0, 0.1) is 5.92 Å². The number of carboxylic acid groups (broad SMARTS) is 1. The molecule has 23 heavy (non-hydrogen) atoms. The Bertz CT molecular complexity index is 492. The number of amides is 3. The number of piperazine rings is 1. The van der Waals surface area contributed by atoms with Gasteiger partial charge >= 0.3 is 12.0 Å². The average molecular weight is 326 g/mol. The molecule has 0 aromatic rings. The minimum Gasteiger partial charge on any atom is -0.480 e. The van der Waals surface area contributed by atoms with Gasteiger partial charge < -0.3 is 25.1 Å². The van der Waals surface area contributed by atoms with Crippen LogP contribution in [-0.2, 0) is 9.59 Å².